The number of aromatic nitrogens is 2. The molecule has 3 nitrogen and oxygen atoms in total. The minimum atomic E-state index is -0.0101. The Balaban J connectivity index is 3.13. The van der Waals surface area contributed by atoms with Crippen LogP contribution < -0.4 is 0 Å². The van der Waals surface area contributed by atoms with E-state index in [1.54, 1.807) is 4.68 Å². The second-order valence-corrected chi connectivity index (χ2v) is 5.62. The van der Waals surface area contributed by atoms with E-state index in [2.05, 4.69) is 39.7 Å². The van der Waals surface area contributed by atoms with Crippen molar-refractivity contribution in [1.29, 1.82) is 0 Å². The van der Waals surface area contributed by atoms with Crippen LogP contribution in [0.3, 0.4) is 0 Å². The lowest BCUT2D eigenvalue weighted by molar-refractivity contribution is 0.368. The summed E-state index contributed by atoms with van der Waals surface area (Å²) >= 11 is 0. The molecule has 0 aliphatic rings. The molecule has 1 aromatic heterocycles. The van der Waals surface area contributed by atoms with Crippen molar-refractivity contribution in [2.75, 3.05) is 0 Å². The average molecular weight is 210 g/mol. The van der Waals surface area contributed by atoms with Crippen LogP contribution in [0.5, 0.6) is 5.88 Å². The first-order valence-electron chi connectivity index (χ1n) is 5.50. The van der Waals surface area contributed by atoms with Gasteiger partial charge in [-0.2, -0.15) is 5.10 Å². The zero-order valence-corrected chi connectivity index (χ0v) is 10.6. The van der Waals surface area contributed by atoms with Crippen LogP contribution in [0.1, 0.15) is 45.9 Å². The van der Waals surface area contributed by atoms with E-state index in [9.17, 15) is 5.11 Å². The molecule has 86 valence electrons. The maximum atomic E-state index is 9.93. The molecule has 15 heavy (non-hydrogen) atoms. The summed E-state index contributed by atoms with van der Waals surface area (Å²) in [6.45, 7) is 13.3. The predicted octanol–water partition coefficient (Wildman–Crippen LogP) is 2.85. The van der Waals surface area contributed by atoms with Gasteiger partial charge in [0, 0.05) is 17.5 Å². The molecule has 0 aliphatic heterocycles. The Morgan fingerprint density at radius 1 is 1.33 bits per heavy atom. The standard InChI is InChI=1S/C12H22N2O/c1-8(2)7-14-11(15)9(3)10(13-14)12(4,5)6/h8,15H,7H2,1-6H3. The molecule has 0 radical (unpaired) electrons. The highest BCUT2D eigenvalue weighted by Crippen LogP contribution is 2.30. The minimum Gasteiger partial charge on any atom is -0.493 e. The molecule has 0 bridgehead atoms. The molecule has 0 fully saturated rings. The van der Waals surface area contributed by atoms with Gasteiger partial charge in [0.05, 0.1) is 5.69 Å². The van der Waals surface area contributed by atoms with Crippen LogP contribution in [0.2, 0.25) is 0 Å². The number of nitrogens with zero attached hydrogens (tertiary/aromatic N) is 2. The summed E-state index contributed by atoms with van der Waals surface area (Å²) in [5.74, 6) is 0.802. The van der Waals surface area contributed by atoms with Gasteiger partial charge in [-0.15, -0.1) is 0 Å². The fourth-order valence-electron chi connectivity index (χ4n) is 1.73. The Labute approximate surface area is 92.1 Å². The lowest BCUT2D eigenvalue weighted by Crippen LogP contribution is -2.14. The van der Waals surface area contributed by atoms with E-state index >= 15 is 0 Å². The van der Waals surface area contributed by atoms with Crippen LogP contribution in [0.15, 0.2) is 0 Å². The number of aromatic hydroxyl groups is 1. The summed E-state index contributed by atoms with van der Waals surface area (Å²) in [4.78, 5) is 0. The molecule has 0 unspecified atom stereocenters. The van der Waals surface area contributed by atoms with E-state index in [0.717, 1.165) is 17.8 Å². The summed E-state index contributed by atoms with van der Waals surface area (Å²) in [5.41, 5.74) is 1.88. The summed E-state index contributed by atoms with van der Waals surface area (Å²) < 4.78 is 1.71. The van der Waals surface area contributed by atoms with E-state index in [0.29, 0.717) is 11.8 Å². The maximum Gasteiger partial charge on any atom is 0.212 e. The van der Waals surface area contributed by atoms with Crippen molar-refractivity contribution in [3.63, 3.8) is 0 Å². The molecule has 1 N–H and O–H groups in total. The largest absolute Gasteiger partial charge is 0.493 e. The Morgan fingerprint density at radius 2 is 1.87 bits per heavy atom. The van der Waals surface area contributed by atoms with Crippen LogP contribution in [0, 0.1) is 12.8 Å². The van der Waals surface area contributed by atoms with Crippen LogP contribution in [-0.2, 0) is 12.0 Å². The van der Waals surface area contributed by atoms with Crippen LogP contribution in [-0.4, -0.2) is 14.9 Å². The van der Waals surface area contributed by atoms with Gasteiger partial charge in [0.25, 0.3) is 0 Å². The van der Waals surface area contributed by atoms with Gasteiger partial charge in [0.2, 0.25) is 5.88 Å². The Morgan fingerprint density at radius 3 is 2.20 bits per heavy atom. The van der Waals surface area contributed by atoms with Crippen molar-refractivity contribution in [2.24, 2.45) is 5.92 Å². The SMILES string of the molecule is Cc1c(C(C)(C)C)nn(CC(C)C)c1O. The van der Waals surface area contributed by atoms with Crippen molar-refractivity contribution in [3.05, 3.63) is 11.3 Å². The lowest BCUT2D eigenvalue weighted by atomic mass is 9.90. The van der Waals surface area contributed by atoms with E-state index < -0.39 is 0 Å². The third kappa shape index (κ3) is 2.52. The van der Waals surface area contributed by atoms with E-state index in [-0.39, 0.29) is 5.41 Å². The van der Waals surface area contributed by atoms with Gasteiger partial charge < -0.3 is 5.11 Å². The summed E-state index contributed by atoms with van der Waals surface area (Å²) in [6, 6.07) is 0. The molecule has 0 aliphatic carbocycles. The predicted molar refractivity (Wildman–Crippen MR) is 62.2 cm³/mol. The highest BCUT2D eigenvalue weighted by Gasteiger charge is 2.24. The van der Waals surface area contributed by atoms with Gasteiger partial charge in [-0.3, -0.25) is 0 Å². The molecule has 1 heterocycles. The van der Waals surface area contributed by atoms with Gasteiger partial charge in [0.1, 0.15) is 0 Å². The Hall–Kier alpha value is -0.990. The van der Waals surface area contributed by atoms with Crippen molar-refractivity contribution in [1.82, 2.24) is 9.78 Å². The smallest absolute Gasteiger partial charge is 0.212 e. The number of hydrogen-bond donors (Lipinski definition) is 1. The molecule has 0 saturated heterocycles. The number of rotatable bonds is 2. The van der Waals surface area contributed by atoms with Crippen LogP contribution in [0.4, 0.5) is 0 Å². The summed E-state index contributed by atoms with van der Waals surface area (Å²) in [6.07, 6.45) is 0. The highest BCUT2D eigenvalue weighted by molar-refractivity contribution is 5.33. The van der Waals surface area contributed by atoms with Gasteiger partial charge >= 0.3 is 0 Å². The molecule has 0 spiro atoms. The lowest BCUT2D eigenvalue weighted by Gasteiger charge is -2.15. The van der Waals surface area contributed by atoms with E-state index in [4.69, 9.17) is 0 Å². The van der Waals surface area contributed by atoms with Gasteiger partial charge in [-0.25, -0.2) is 4.68 Å². The van der Waals surface area contributed by atoms with Crippen molar-refractivity contribution < 1.29 is 5.11 Å². The van der Waals surface area contributed by atoms with E-state index in [1.807, 2.05) is 6.92 Å². The van der Waals surface area contributed by atoms with Gasteiger partial charge in [0.15, 0.2) is 0 Å². The normalized spacial score (nSPS) is 12.5. The fraction of sp³-hybridized carbons (Fsp3) is 0.750. The molecule has 0 aromatic carbocycles. The van der Waals surface area contributed by atoms with Crippen molar-refractivity contribution >= 4 is 0 Å². The Kier molecular flexibility index (Phi) is 3.12. The van der Waals surface area contributed by atoms with Crippen molar-refractivity contribution in [2.45, 2.75) is 53.5 Å². The summed E-state index contributed by atoms with van der Waals surface area (Å²) in [7, 11) is 0. The van der Waals surface area contributed by atoms with Crippen molar-refractivity contribution in [3.8, 4) is 5.88 Å². The van der Waals surface area contributed by atoms with Crippen LogP contribution >= 0.6 is 0 Å². The van der Waals surface area contributed by atoms with E-state index in [1.165, 1.54) is 0 Å². The molecule has 0 amide bonds. The molecular weight excluding hydrogens is 188 g/mol. The molecular formula is C12H22N2O. The quantitative estimate of drug-likeness (QED) is 0.815. The minimum absolute atomic E-state index is 0.0101. The molecule has 1 rings (SSSR count). The monoisotopic (exact) mass is 210 g/mol. The first-order chi connectivity index (χ1) is 6.73. The zero-order valence-electron chi connectivity index (χ0n) is 10.6. The highest BCUT2D eigenvalue weighted by atomic mass is 16.3. The van der Waals surface area contributed by atoms with Gasteiger partial charge in [-0.1, -0.05) is 34.6 Å². The van der Waals surface area contributed by atoms with Crippen LogP contribution in [0.25, 0.3) is 0 Å². The second kappa shape index (κ2) is 3.87. The topological polar surface area (TPSA) is 38.0 Å². The van der Waals surface area contributed by atoms with Gasteiger partial charge in [-0.05, 0) is 12.8 Å². The third-order valence-corrected chi connectivity index (χ3v) is 2.40. The third-order valence-electron chi connectivity index (χ3n) is 2.40. The Bertz CT molecular complexity index is 345. The second-order valence-electron chi connectivity index (χ2n) is 5.62. The zero-order chi connectivity index (χ0) is 11.8. The molecule has 3 heteroatoms. The first-order valence-corrected chi connectivity index (χ1v) is 5.50. The molecule has 1 aromatic rings. The first kappa shape index (κ1) is 12.1. The summed E-state index contributed by atoms with van der Waals surface area (Å²) in [5, 5.41) is 14.4. The average Bonchev–Trinajstić information content (AvgIpc) is 2.30. The number of hydrogen-bond acceptors (Lipinski definition) is 2. The molecule has 0 atom stereocenters. The molecule has 0 saturated carbocycles. The maximum absolute atomic E-state index is 9.93. The fourth-order valence-corrected chi connectivity index (χ4v) is 1.73.